The second-order valence-corrected chi connectivity index (χ2v) is 6.44. The first kappa shape index (κ1) is 16.0. The molecule has 3 nitrogen and oxygen atoms in total. The number of methoxy groups -OCH3 is 1. The van der Waals surface area contributed by atoms with E-state index in [0.717, 1.165) is 10.8 Å². The maximum atomic E-state index is 12.9. The molecule has 1 aromatic heterocycles. The maximum Gasteiger partial charge on any atom is 0.228 e. The fourth-order valence-electron chi connectivity index (χ4n) is 2.95. The highest BCUT2D eigenvalue weighted by atomic mass is 35.5. The first-order valence-electron chi connectivity index (χ1n) is 7.57. The normalized spacial score (nSPS) is 12.2. The van der Waals surface area contributed by atoms with Gasteiger partial charge in [0.1, 0.15) is 11.3 Å². The summed E-state index contributed by atoms with van der Waals surface area (Å²) in [6.07, 6.45) is 1.63. The fraction of sp³-hybridized carbons (Fsp3) is 0.0500. The molecule has 3 aromatic carbocycles. The van der Waals surface area contributed by atoms with Gasteiger partial charge in [0, 0.05) is 26.2 Å². The van der Waals surface area contributed by atoms with Crippen molar-refractivity contribution >= 4 is 51.0 Å². The van der Waals surface area contributed by atoms with E-state index in [9.17, 15) is 4.79 Å². The molecule has 0 unspecified atom stereocenters. The van der Waals surface area contributed by atoms with E-state index in [-0.39, 0.29) is 10.8 Å². The minimum atomic E-state index is -0.197. The highest BCUT2D eigenvalue weighted by molar-refractivity contribution is 6.35. The summed E-state index contributed by atoms with van der Waals surface area (Å²) in [7, 11) is 1.60. The van der Waals surface area contributed by atoms with E-state index in [1.54, 1.807) is 43.5 Å². The van der Waals surface area contributed by atoms with Crippen molar-refractivity contribution in [3.8, 4) is 5.75 Å². The molecule has 4 rings (SSSR count). The predicted octanol–water partition coefficient (Wildman–Crippen LogP) is 4.81. The van der Waals surface area contributed by atoms with Crippen molar-refractivity contribution in [3.05, 3.63) is 79.8 Å². The lowest BCUT2D eigenvalue weighted by molar-refractivity contribution is 0.420. The van der Waals surface area contributed by atoms with E-state index in [2.05, 4.69) is 0 Å². The quantitative estimate of drug-likeness (QED) is 0.508. The number of rotatable bonds is 2. The molecule has 0 fully saturated rings. The lowest BCUT2D eigenvalue weighted by Crippen LogP contribution is -2.24. The fourth-order valence-corrected chi connectivity index (χ4v) is 3.41. The van der Waals surface area contributed by atoms with Gasteiger partial charge in [-0.1, -0.05) is 41.4 Å². The number of ether oxygens (including phenoxy) is 1. The van der Waals surface area contributed by atoms with E-state index >= 15 is 0 Å². The summed E-state index contributed by atoms with van der Waals surface area (Å²) in [6, 6.07) is 14.2. The average molecular weight is 371 g/mol. The lowest BCUT2D eigenvalue weighted by atomic mass is 10.0. The van der Waals surface area contributed by atoms with Crippen molar-refractivity contribution in [1.29, 1.82) is 0 Å². The van der Waals surface area contributed by atoms with Crippen LogP contribution < -0.4 is 15.6 Å². The van der Waals surface area contributed by atoms with Crippen molar-refractivity contribution < 1.29 is 9.15 Å². The smallest absolute Gasteiger partial charge is 0.228 e. The molecule has 0 atom stereocenters. The first-order valence-corrected chi connectivity index (χ1v) is 8.33. The van der Waals surface area contributed by atoms with Gasteiger partial charge in [-0.25, -0.2) is 0 Å². The molecule has 0 aliphatic heterocycles. The van der Waals surface area contributed by atoms with Crippen LogP contribution in [0.4, 0.5) is 0 Å². The molecule has 25 heavy (non-hydrogen) atoms. The van der Waals surface area contributed by atoms with Crippen LogP contribution in [0, 0.1) is 0 Å². The second kappa shape index (κ2) is 6.10. The number of hydrogen-bond acceptors (Lipinski definition) is 3. The molecule has 0 saturated heterocycles. The lowest BCUT2D eigenvalue weighted by Gasteiger charge is -2.08. The van der Waals surface area contributed by atoms with E-state index in [0.29, 0.717) is 32.3 Å². The third-order valence-electron chi connectivity index (χ3n) is 4.12. The Morgan fingerprint density at radius 1 is 1.04 bits per heavy atom. The zero-order valence-corrected chi connectivity index (χ0v) is 14.7. The molecule has 0 spiro atoms. The van der Waals surface area contributed by atoms with Gasteiger partial charge in [0.15, 0.2) is 5.42 Å². The monoisotopic (exact) mass is 370 g/mol. The number of halogens is 2. The van der Waals surface area contributed by atoms with Gasteiger partial charge >= 0.3 is 0 Å². The summed E-state index contributed by atoms with van der Waals surface area (Å²) >= 11 is 12.1. The minimum Gasteiger partial charge on any atom is -0.496 e. The Hall–Kier alpha value is -2.49. The summed E-state index contributed by atoms with van der Waals surface area (Å²) in [5.74, 6) is 0.699. The Morgan fingerprint density at radius 2 is 1.88 bits per heavy atom. The van der Waals surface area contributed by atoms with Crippen LogP contribution in [-0.2, 0) is 0 Å². The van der Waals surface area contributed by atoms with Gasteiger partial charge in [-0.2, -0.15) is 0 Å². The first-order chi connectivity index (χ1) is 12.1. The minimum absolute atomic E-state index is 0.197. The van der Waals surface area contributed by atoms with Crippen LogP contribution in [0.3, 0.4) is 0 Å². The molecule has 5 heteroatoms. The summed E-state index contributed by atoms with van der Waals surface area (Å²) in [5, 5.41) is 3.16. The Bertz CT molecular complexity index is 1230. The Morgan fingerprint density at radius 3 is 2.64 bits per heavy atom. The van der Waals surface area contributed by atoms with Gasteiger partial charge in [-0.3, -0.25) is 4.79 Å². The van der Waals surface area contributed by atoms with Gasteiger partial charge in [0.2, 0.25) is 5.43 Å². The maximum absolute atomic E-state index is 12.9. The third kappa shape index (κ3) is 2.66. The summed E-state index contributed by atoms with van der Waals surface area (Å²) in [6.45, 7) is 0. The van der Waals surface area contributed by atoms with Crippen LogP contribution in [0.15, 0.2) is 57.7 Å². The van der Waals surface area contributed by atoms with Crippen LogP contribution >= 0.6 is 23.2 Å². The number of benzene rings is 3. The van der Waals surface area contributed by atoms with Gasteiger partial charge in [0.05, 0.1) is 7.11 Å². The molecule has 124 valence electrons. The van der Waals surface area contributed by atoms with Crippen LogP contribution in [0.5, 0.6) is 5.75 Å². The predicted molar refractivity (Wildman–Crippen MR) is 102 cm³/mol. The Kier molecular flexibility index (Phi) is 3.91. The van der Waals surface area contributed by atoms with Gasteiger partial charge in [-0.05, 0) is 42.0 Å². The summed E-state index contributed by atoms with van der Waals surface area (Å²) < 4.78 is 11.2. The summed E-state index contributed by atoms with van der Waals surface area (Å²) in [4.78, 5) is 12.9. The SMILES string of the molecule is COc1ccc2c(=O)/c(=C/c3ccc(Cl)cc3Cl)oc3cccc1c32. The molecule has 0 aliphatic carbocycles. The van der Waals surface area contributed by atoms with E-state index in [1.807, 2.05) is 18.2 Å². The third-order valence-corrected chi connectivity index (χ3v) is 4.68. The largest absolute Gasteiger partial charge is 0.496 e. The zero-order chi connectivity index (χ0) is 17.6. The van der Waals surface area contributed by atoms with Crippen LogP contribution in [0.1, 0.15) is 5.56 Å². The zero-order valence-electron chi connectivity index (χ0n) is 13.2. The molecular weight excluding hydrogens is 359 g/mol. The van der Waals surface area contributed by atoms with Crippen molar-refractivity contribution in [1.82, 2.24) is 0 Å². The molecule has 0 N–H and O–H groups in total. The highest BCUT2D eigenvalue weighted by Gasteiger charge is 2.12. The molecule has 1 heterocycles. The molecule has 4 aromatic rings. The molecule has 0 amide bonds. The van der Waals surface area contributed by atoms with Gasteiger partial charge in [-0.15, -0.1) is 0 Å². The Balaban J connectivity index is 2.09. The summed E-state index contributed by atoms with van der Waals surface area (Å²) in [5.41, 5.74) is 1.30. The van der Waals surface area contributed by atoms with E-state index in [4.69, 9.17) is 32.4 Å². The Labute approximate surface area is 153 Å². The second-order valence-electron chi connectivity index (χ2n) is 5.60. The van der Waals surface area contributed by atoms with Crippen molar-refractivity contribution in [2.24, 2.45) is 0 Å². The standard InChI is InChI=1S/C20H12Cl2O3/c1-24-16-8-7-14-19-13(16)3-2-4-17(19)25-18(20(14)23)9-11-5-6-12(21)10-15(11)22/h2-10H,1H3/b18-9-. The van der Waals surface area contributed by atoms with Crippen LogP contribution in [0.25, 0.3) is 27.8 Å². The molecule has 0 aliphatic rings. The molecule has 0 radical (unpaired) electrons. The van der Waals surface area contributed by atoms with Crippen molar-refractivity contribution in [3.63, 3.8) is 0 Å². The van der Waals surface area contributed by atoms with E-state index < -0.39 is 0 Å². The van der Waals surface area contributed by atoms with Gasteiger partial charge in [0.25, 0.3) is 0 Å². The van der Waals surface area contributed by atoms with Crippen molar-refractivity contribution in [2.45, 2.75) is 0 Å². The average Bonchev–Trinajstić information content (AvgIpc) is 2.61. The van der Waals surface area contributed by atoms with Crippen LogP contribution in [0.2, 0.25) is 10.0 Å². The topological polar surface area (TPSA) is 39.4 Å². The number of hydrogen-bond donors (Lipinski definition) is 0. The van der Waals surface area contributed by atoms with Crippen molar-refractivity contribution in [2.75, 3.05) is 7.11 Å². The molecular formula is C20H12Cl2O3. The van der Waals surface area contributed by atoms with E-state index in [1.165, 1.54) is 0 Å². The highest BCUT2D eigenvalue weighted by Crippen LogP contribution is 2.31. The molecule has 0 saturated carbocycles. The van der Waals surface area contributed by atoms with Gasteiger partial charge < -0.3 is 9.15 Å². The van der Waals surface area contributed by atoms with Crippen LogP contribution in [-0.4, -0.2) is 7.11 Å². The molecule has 0 bridgehead atoms.